The molecule has 0 bridgehead atoms. The Labute approximate surface area is 113 Å². The summed E-state index contributed by atoms with van der Waals surface area (Å²) < 4.78 is 18.1. The van der Waals surface area contributed by atoms with E-state index in [-0.39, 0.29) is 17.7 Å². The lowest BCUT2D eigenvalue weighted by Gasteiger charge is -2.07. The van der Waals surface area contributed by atoms with Crippen molar-refractivity contribution in [2.45, 2.75) is 6.61 Å². The van der Waals surface area contributed by atoms with Crippen molar-refractivity contribution in [3.63, 3.8) is 0 Å². The first-order valence-electron chi connectivity index (χ1n) is 5.31. The van der Waals surface area contributed by atoms with Gasteiger partial charge >= 0.3 is 6.09 Å². The molecule has 0 spiro atoms. The lowest BCUT2D eigenvalue weighted by atomic mass is 10.2. The number of benzene rings is 1. The minimum absolute atomic E-state index is 0.0765. The van der Waals surface area contributed by atoms with Crippen molar-refractivity contribution in [1.29, 1.82) is 0 Å². The summed E-state index contributed by atoms with van der Waals surface area (Å²) in [6, 6.07) is 9.09. The molecule has 0 aliphatic rings. The fourth-order valence-corrected chi connectivity index (χ4v) is 1.42. The number of hydrogen-bond donors (Lipinski definition) is 1. The highest BCUT2D eigenvalue weighted by molar-refractivity contribution is 6.28. The zero-order valence-corrected chi connectivity index (χ0v) is 10.4. The van der Waals surface area contributed by atoms with Gasteiger partial charge < -0.3 is 4.74 Å². The Balaban J connectivity index is 1.93. The lowest BCUT2D eigenvalue weighted by molar-refractivity contribution is 0.155. The molecular formula is C12H9ClFN3O2. The van der Waals surface area contributed by atoms with Crippen LogP contribution in [0.1, 0.15) is 5.56 Å². The summed E-state index contributed by atoms with van der Waals surface area (Å²) in [5, 5.41) is 1.98. The summed E-state index contributed by atoms with van der Waals surface area (Å²) in [7, 11) is 0. The zero-order valence-electron chi connectivity index (χ0n) is 9.64. The van der Waals surface area contributed by atoms with Crippen molar-refractivity contribution in [3.05, 3.63) is 53.2 Å². The molecule has 98 valence electrons. The number of hydrogen-bond acceptors (Lipinski definition) is 4. The van der Waals surface area contributed by atoms with E-state index in [4.69, 9.17) is 16.3 Å². The largest absolute Gasteiger partial charge is 0.444 e. The van der Waals surface area contributed by atoms with E-state index in [1.165, 1.54) is 0 Å². The number of aromatic nitrogens is 2. The van der Waals surface area contributed by atoms with Crippen LogP contribution < -0.4 is 5.32 Å². The van der Waals surface area contributed by atoms with E-state index in [1.807, 2.05) is 18.2 Å². The summed E-state index contributed by atoms with van der Waals surface area (Å²) in [6.07, 6.45) is 0.0415. The third-order valence-corrected chi connectivity index (χ3v) is 2.33. The second-order valence-electron chi connectivity index (χ2n) is 3.52. The first-order chi connectivity index (χ1) is 9.15. The van der Waals surface area contributed by atoms with Crippen LogP contribution in [0.15, 0.2) is 36.5 Å². The number of amides is 1. The molecule has 0 aliphatic carbocycles. The molecule has 0 unspecified atom stereocenters. The molecule has 1 N–H and O–H groups in total. The number of carbonyl (C=O) groups excluding carboxylic acids is 1. The first-order valence-corrected chi connectivity index (χ1v) is 5.68. The minimum Gasteiger partial charge on any atom is -0.444 e. The topological polar surface area (TPSA) is 64.1 Å². The van der Waals surface area contributed by atoms with Crippen molar-refractivity contribution in [2.24, 2.45) is 0 Å². The van der Waals surface area contributed by atoms with Crippen molar-refractivity contribution in [2.75, 3.05) is 5.32 Å². The Morgan fingerprint density at radius 3 is 2.84 bits per heavy atom. The molecule has 1 heterocycles. The number of nitrogens with one attached hydrogen (secondary N) is 1. The van der Waals surface area contributed by atoms with Gasteiger partial charge in [-0.25, -0.2) is 14.2 Å². The number of ether oxygens (including phenoxy) is 1. The van der Waals surface area contributed by atoms with Gasteiger partial charge in [-0.1, -0.05) is 30.3 Å². The summed E-state index contributed by atoms with van der Waals surface area (Å²) in [5.41, 5.74) is 0.818. The Bertz CT molecular complexity index is 580. The van der Waals surface area contributed by atoms with Crippen molar-refractivity contribution < 1.29 is 13.9 Å². The third-order valence-electron chi connectivity index (χ3n) is 2.15. The van der Waals surface area contributed by atoms with E-state index < -0.39 is 11.9 Å². The van der Waals surface area contributed by atoms with Gasteiger partial charge in [0, 0.05) is 0 Å². The molecule has 0 saturated carbocycles. The van der Waals surface area contributed by atoms with E-state index in [0.717, 1.165) is 11.8 Å². The normalized spacial score (nSPS) is 10.0. The van der Waals surface area contributed by atoms with Gasteiger partial charge in [-0.2, -0.15) is 4.98 Å². The maximum atomic E-state index is 13.2. The molecule has 1 amide bonds. The van der Waals surface area contributed by atoms with Crippen LogP contribution in [-0.4, -0.2) is 16.1 Å². The molecule has 0 atom stereocenters. The second kappa shape index (κ2) is 6.10. The van der Waals surface area contributed by atoms with Crippen LogP contribution in [-0.2, 0) is 11.3 Å². The minimum atomic E-state index is -0.822. The molecule has 5 nitrogen and oxygen atoms in total. The highest BCUT2D eigenvalue weighted by Gasteiger charge is 2.10. The number of anilines is 1. The Hall–Kier alpha value is -2.21. The fraction of sp³-hybridized carbons (Fsp3) is 0.0833. The van der Waals surface area contributed by atoms with Crippen molar-refractivity contribution in [3.8, 4) is 0 Å². The van der Waals surface area contributed by atoms with Gasteiger partial charge in [0.25, 0.3) is 0 Å². The van der Waals surface area contributed by atoms with Crippen LogP contribution in [0.4, 0.5) is 15.0 Å². The average Bonchev–Trinajstić information content (AvgIpc) is 2.42. The van der Waals surface area contributed by atoms with Crippen LogP contribution in [0.5, 0.6) is 0 Å². The van der Waals surface area contributed by atoms with Gasteiger partial charge in [-0.05, 0) is 17.2 Å². The van der Waals surface area contributed by atoms with Crippen LogP contribution in [0.3, 0.4) is 0 Å². The van der Waals surface area contributed by atoms with Crippen LogP contribution >= 0.6 is 11.6 Å². The molecule has 0 fully saturated rings. The highest BCUT2D eigenvalue weighted by atomic mass is 35.5. The van der Waals surface area contributed by atoms with E-state index in [1.54, 1.807) is 12.1 Å². The number of halogens is 2. The summed E-state index contributed by atoms with van der Waals surface area (Å²) in [4.78, 5) is 18.4. The molecule has 1 aromatic heterocycles. The molecule has 1 aromatic carbocycles. The first kappa shape index (κ1) is 13.2. The Morgan fingerprint density at radius 2 is 2.11 bits per heavy atom. The smallest absolute Gasteiger partial charge is 0.413 e. The SMILES string of the molecule is O=C(Nc1nc(Cl)ncc1F)OCc1ccccc1. The third kappa shape index (κ3) is 3.89. The maximum absolute atomic E-state index is 13.2. The van der Waals surface area contributed by atoms with E-state index in [9.17, 15) is 9.18 Å². The molecular weight excluding hydrogens is 273 g/mol. The van der Waals surface area contributed by atoms with Gasteiger partial charge in [-0.15, -0.1) is 0 Å². The number of nitrogens with zero attached hydrogens (tertiary/aromatic N) is 2. The molecule has 0 aliphatic heterocycles. The van der Waals surface area contributed by atoms with Gasteiger partial charge in [0.2, 0.25) is 5.28 Å². The highest BCUT2D eigenvalue weighted by Crippen LogP contribution is 2.12. The van der Waals surface area contributed by atoms with Gasteiger partial charge in [0.1, 0.15) is 6.61 Å². The van der Waals surface area contributed by atoms with E-state index >= 15 is 0 Å². The van der Waals surface area contributed by atoms with Gasteiger partial charge in [-0.3, -0.25) is 5.32 Å². The predicted molar refractivity (Wildman–Crippen MR) is 67.2 cm³/mol. The number of rotatable bonds is 3. The summed E-state index contributed by atoms with van der Waals surface area (Å²) in [6.45, 7) is 0.0765. The van der Waals surface area contributed by atoms with Crippen LogP contribution in [0.25, 0.3) is 0 Å². The molecule has 19 heavy (non-hydrogen) atoms. The van der Waals surface area contributed by atoms with Crippen LogP contribution in [0, 0.1) is 5.82 Å². The fourth-order valence-electron chi connectivity index (χ4n) is 1.29. The average molecular weight is 282 g/mol. The molecule has 2 aromatic rings. The second-order valence-corrected chi connectivity index (χ2v) is 3.86. The van der Waals surface area contributed by atoms with Gasteiger partial charge in [0.05, 0.1) is 6.20 Å². The summed E-state index contributed by atoms with van der Waals surface area (Å²) in [5.74, 6) is -1.11. The maximum Gasteiger partial charge on any atom is 0.413 e. The quantitative estimate of drug-likeness (QED) is 0.878. The molecule has 7 heteroatoms. The van der Waals surface area contributed by atoms with Crippen molar-refractivity contribution >= 4 is 23.5 Å². The molecule has 0 radical (unpaired) electrons. The predicted octanol–water partition coefficient (Wildman–Crippen LogP) is 3.02. The lowest BCUT2D eigenvalue weighted by Crippen LogP contribution is -2.15. The summed E-state index contributed by atoms with van der Waals surface area (Å²) >= 11 is 5.49. The van der Waals surface area contributed by atoms with Crippen LogP contribution in [0.2, 0.25) is 5.28 Å². The Kier molecular flexibility index (Phi) is 4.25. The van der Waals surface area contributed by atoms with Crippen molar-refractivity contribution in [1.82, 2.24) is 9.97 Å². The Morgan fingerprint density at radius 1 is 1.37 bits per heavy atom. The molecule has 0 saturated heterocycles. The molecule has 2 rings (SSSR count). The number of carbonyl (C=O) groups is 1. The standard InChI is InChI=1S/C12H9ClFN3O2/c13-11-15-6-9(14)10(16-11)17-12(18)19-7-8-4-2-1-3-5-8/h1-6H,7H2,(H,15,16,17,18). The van der Waals surface area contributed by atoms with Gasteiger partial charge in [0.15, 0.2) is 11.6 Å². The van der Waals surface area contributed by atoms with E-state index in [2.05, 4.69) is 15.3 Å². The zero-order chi connectivity index (χ0) is 13.7. The van der Waals surface area contributed by atoms with E-state index in [0.29, 0.717) is 0 Å². The monoisotopic (exact) mass is 281 g/mol.